The fourth-order valence-electron chi connectivity index (χ4n) is 2.57. The van der Waals surface area contributed by atoms with E-state index in [-0.39, 0.29) is 11.8 Å². The molecular formula is C17H16ClN3O2. The molecule has 6 heteroatoms. The van der Waals surface area contributed by atoms with E-state index in [1.165, 1.54) is 0 Å². The molecule has 1 saturated heterocycles. The third kappa shape index (κ3) is 3.51. The molecule has 0 spiro atoms. The smallest absolute Gasteiger partial charge is 0.272 e. The Bertz CT molecular complexity index is 713. The minimum absolute atomic E-state index is 0.0579. The minimum Gasteiger partial charge on any atom is -0.335 e. The number of hydrogen-bond acceptors (Lipinski definition) is 3. The second kappa shape index (κ2) is 6.79. The van der Waals surface area contributed by atoms with Crippen LogP contribution >= 0.6 is 11.6 Å². The van der Waals surface area contributed by atoms with Gasteiger partial charge < -0.3 is 9.80 Å². The molecule has 0 saturated carbocycles. The molecule has 2 aromatic rings. The number of carbonyl (C=O) groups is 2. The third-order valence-electron chi connectivity index (χ3n) is 3.81. The van der Waals surface area contributed by atoms with Crippen LogP contribution in [0.1, 0.15) is 20.8 Å². The second-order valence-electron chi connectivity index (χ2n) is 5.31. The van der Waals surface area contributed by atoms with Crippen molar-refractivity contribution in [3.63, 3.8) is 0 Å². The van der Waals surface area contributed by atoms with E-state index in [1.807, 2.05) is 0 Å². The van der Waals surface area contributed by atoms with E-state index < -0.39 is 0 Å². The van der Waals surface area contributed by atoms with Crippen LogP contribution in [0, 0.1) is 0 Å². The SMILES string of the molecule is O=C(c1cccc(Cl)c1)N1CCN(C(=O)c2ccccn2)CC1. The maximum absolute atomic E-state index is 12.4. The summed E-state index contributed by atoms with van der Waals surface area (Å²) >= 11 is 5.93. The van der Waals surface area contributed by atoms with Crippen LogP contribution in [0.15, 0.2) is 48.7 Å². The van der Waals surface area contributed by atoms with Crippen molar-refractivity contribution in [1.29, 1.82) is 0 Å². The molecule has 2 heterocycles. The largest absolute Gasteiger partial charge is 0.335 e. The fourth-order valence-corrected chi connectivity index (χ4v) is 2.76. The van der Waals surface area contributed by atoms with Gasteiger partial charge in [-0.05, 0) is 30.3 Å². The number of pyridine rings is 1. The van der Waals surface area contributed by atoms with Crippen LogP contribution in [0.5, 0.6) is 0 Å². The number of nitrogens with zero attached hydrogens (tertiary/aromatic N) is 3. The molecule has 23 heavy (non-hydrogen) atoms. The van der Waals surface area contributed by atoms with E-state index in [4.69, 9.17) is 11.6 Å². The summed E-state index contributed by atoms with van der Waals surface area (Å²) < 4.78 is 0. The summed E-state index contributed by atoms with van der Waals surface area (Å²) in [6, 6.07) is 12.2. The zero-order valence-electron chi connectivity index (χ0n) is 12.5. The Hall–Kier alpha value is -2.40. The van der Waals surface area contributed by atoms with Gasteiger partial charge in [-0.2, -0.15) is 0 Å². The van der Waals surface area contributed by atoms with Crippen LogP contribution < -0.4 is 0 Å². The summed E-state index contributed by atoms with van der Waals surface area (Å²) in [7, 11) is 0. The Balaban J connectivity index is 1.62. The average Bonchev–Trinajstić information content (AvgIpc) is 2.61. The van der Waals surface area contributed by atoms with Crippen molar-refractivity contribution in [2.75, 3.05) is 26.2 Å². The first kappa shape index (κ1) is 15.5. The summed E-state index contributed by atoms with van der Waals surface area (Å²) in [6.45, 7) is 2.01. The maximum Gasteiger partial charge on any atom is 0.272 e. The molecule has 1 aliphatic rings. The molecule has 1 aromatic heterocycles. The molecule has 0 bridgehead atoms. The van der Waals surface area contributed by atoms with Crippen molar-refractivity contribution >= 4 is 23.4 Å². The Morgan fingerprint density at radius 2 is 1.61 bits per heavy atom. The minimum atomic E-state index is -0.0968. The van der Waals surface area contributed by atoms with Crippen LogP contribution in [0.25, 0.3) is 0 Å². The van der Waals surface area contributed by atoms with Gasteiger partial charge in [0.05, 0.1) is 0 Å². The van der Waals surface area contributed by atoms with E-state index in [9.17, 15) is 9.59 Å². The van der Waals surface area contributed by atoms with Crippen molar-refractivity contribution in [2.45, 2.75) is 0 Å². The van der Waals surface area contributed by atoms with Gasteiger partial charge in [-0.3, -0.25) is 14.6 Å². The Morgan fingerprint density at radius 3 is 2.22 bits per heavy atom. The highest BCUT2D eigenvalue weighted by Crippen LogP contribution is 2.14. The standard InChI is InChI=1S/C17H16ClN3O2/c18-14-5-3-4-13(12-14)16(22)20-8-10-21(11-9-20)17(23)15-6-1-2-7-19-15/h1-7,12H,8-11H2. The monoisotopic (exact) mass is 329 g/mol. The fraction of sp³-hybridized carbons (Fsp3) is 0.235. The molecule has 0 aliphatic carbocycles. The van der Waals surface area contributed by atoms with E-state index >= 15 is 0 Å². The first-order valence-corrected chi connectivity index (χ1v) is 7.78. The van der Waals surface area contributed by atoms with Gasteiger partial charge in [0.15, 0.2) is 0 Å². The van der Waals surface area contributed by atoms with Crippen LogP contribution in [0.4, 0.5) is 0 Å². The Labute approximate surface area is 139 Å². The first-order valence-electron chi connectivity index (χ1n) is 7.40. The van der Waals surface area contributed by atoms with Gasteiger partial charge in [-0.15, -0.1) is 0 Å². The van der Waals surface area contributed by atoms with E-state index in [0.717, 1.165) is 0 Å². The topological polar surface area (TPSA) is 53.5 Å². The predicted octanol–water partition coefficient (Wildman–Crippen LogP) is 2.33. The number of aromatic nitrogens is 1. The predicted molar refractivity (Wildman–Crippen MR) is 87.5 cm³/mol. The summed E-state index contributed by atoms with van der Waals surface area (Å²) in [5.74, 6) is -0.155. The number of halogens is 1. The lowest BCUT2D eigenvalue weighted by molar-refractivity contribution is 0.0532. The van der Waals surface area contributed by atoms with Crippen LogP contribution in [0.2, 0.25) is 5.02 Å². The van der Waals surface area contributed by atoms with Gasteiger partial charge in [0.25, 0.3) is 11.8 Å². The zero-order chi connectivity index (χ0) is 16.2. The van der Waals surface area contributed by atoms with Gasteiger partial charge in [0.2, 0.25) is 0 Å². The van der Waals surface area contributed by atoms with Crippen molar-refractivity contribution in [2.24, 2.45) is 0 Å². The molecule has 1 fully saturated rings. The number of hydrogen-bond donors (Lipinski definition) is 0. The lowest BCUT2D eigenvalue weighted by atomic mass is 10.1. The van der Waals surface area contributed by atoms with E-state index in [2.05, 4.69) is 4.98 Å². The lowest BCUT2D eigenvalue weighted by Gasteiger charge is -2.34. The van der Waals surface area contributed by atoms with E-state index in [0.29, 0.717) is 42.5 Å². The van der Waals surface area contributed by atoms with E-state index in [1.54, 1.807) is 58.5 Å². The van der Waals surface area contributed by atoms with Gasteiger partial charge in [-0.1, -0.05) is 23.7 Å². The van der Waals surface area contributed by atoms with Gasteiger partial charge in [-0.25, -0.2) is 0 Å². The average molecular weight is 330 g/mol. The normalized spacial score (nSPS) is 14.7. The molecule has 3 rings (SSSR count). The molecule has 1 aromatic carbocycles. The van der Waals surface area contributed by atoms with Gasteiger partial charge in [0.1, 0.15) is 5.69 Å². The summed E-state index contributed by atoms with van der Waals surface area (Å²) in [5, 5.41) is 0.541. The Morgan fingerprint density at radius 1 is 0.913 bits per heavy atom. The lowest BCUT2D eigenvalue weighted by Crippen LogP contribution is -2.50. The van der Waals surface area contributed by atoms with Crippen molar-refractivity contribution in [1.82, 2.24) is 14.8 Å². The maximum atomic E-state index is 12.4. The van der Waals surface area contributed by atoms with Crippen LogP contribution in [-0.2, 0) is 0 Å². The number of amides is 2. The number of piperazine rings is 1. The highest BCUT2D eigenvalue weighted by Gasteiger charge is 2.25. The van der Waals surface area contributed by atoms with Crippen molar-refractivity contribution in [3.8, 4) is 0 Å². The number of rotatable bonds is 2. The van der Waals surface area contributed by atoms with Gasteiger partial charge >= 0.3 is 0 Å². The molecule has 0 unspecified atom stereocenters. The zero-order valence-corrected chi connectivity index (χ0v) is 13.2. The summed E-state index contributed by atoms with van der Waals surface area (Å²) in [5.41, 5.74) is 1.00. The van der Waals surface area contributed by atoms with Gasteiger partial charge in [0, 0.05) is 43.0 Å². The molecule has 0 radical (unpaired) electrons. The highest BCUT2D eigenvalue weighted by molar-refractivity contribution is 6.30. The molecule has 0 atom stereocenters. The number of carbonyl (C=O) groups excluding carboxylic acids is 2. The summed E-state index contributed by atoms with van der Waals surface area (Å²) in [6.07, 6.45) is 1.60. The Kier molecular flexibility index (Phi) is 4.57. The van der Waals surface area contributed by atoms with Crippen LogP contribution in [0.3, 0.4) is 0 Å². The van der Waals surface area contributed by atoms with Crippen molar-refractivity contribution < 1.29 is 9.59 Å². The third-order valence-corrected chi connectivity index (χ3v) is 4.04. The quantitative estimate of drug-likeness (QED) is 0.849. The molecule has 0 N–H and O–H groups in total. The molecular weight excluding hydrogens is 314 g/mol. The van der Waals surface area contributed by atoms with Crippen molar-refractivity contribution in [3.05, 3.63) is 64.9 Å². The van der Waals surface area contributed by atoms with Crippen LogP contribution in [-0.4, -0.2) is 52.8 Å². The first-order chi connectivity index (χ1) is 11.1. The summed E-state index contributed by atoms with van der Waals surface area (Å²) in [4.78, 5) is 32.3. The molecule has 5 nitrogen and oxygen atoms in total. The highest BCUT2D eigenvalue weighted by atomic mass is 35.5. The second-order valence-corrected chi connectivity index (χ2v) is 5.75. The molecule has 118 valence electrons. The number of benzene rings is 1. The molecule has 2 amide bonds. The molecule has 1 aliphatic heterocycles.